The van der Waals surface area contributed by atoms with Crippen molar-refractivity contribution in [3.05, 3.63) is 65.5 Å². The summed E-state index contributed by atoms with van der Waals surface area (Å²) in [5, 5.41) is 0.942. The average molecular weight is 402 g/mol. The van der Waals surface area contributed by atoms with E-state index in [0.717, 1.165) is 11.0 Å². The van der Waals surface area contributed by atoms with Crippen LogP contribution in [0.25, 0.3) is 11.0 Å². The Balaban J connectivity index is 1.43. The van der Waals surface area contributed by atoms with Crippen molar-refractivity contribution in [1.29, 1.82) is 0 Å². The molecule has 4 heterocycles. The van der Waals surface area contributed by atoms with Crippen LogP contribution in [0.2, 0.25) is 0 Å². The van der Waals surface area contributed by atoms with Gasteiger partial charge in [-0.3, -0.25) is 9.59 Å². The van der Waals surface area contributed by atoms with Crippen molar-refractivity contribution >= 4 is 22.8 Å². The minimum Gasteiger partial charge on any atom is -0.337 e. The average Bonchev–Trinajstić information content (AvgIpc) is 3.45. The number of rotatable bonds is 3. The van der Waals surface area contributed by atoms with Gasteiger partial charge in [-0.2, -0.15) is 0 Å². The number of aryl methyl sites for hydroxylation is 1. The van der Waals surface area contributed by atoms with Crippen LogP contribution >= 0.6 is 0 Å². The summed E-state index contributed by atoms with van der Waals surface area (Å²) in [5.41, 5.74) is 3.72. The lowest BCUT2D eigenvalue weighted by atomic mass is 9.87. The van der Waals surface area contributed by atoms with E-state index >= 15 is 0 Å². The third-order valence-corrected chi connectivity index (χ3v) is 6.70. The Hall–Kier alpha value is -3.15. The number of amides is 2. The molecule has 3 aromatic rings. The summed E-state index contributed by atoms with van der Waals surface area (Å²) in [6.07, 6.45) is 2.23. The van der Waals surface area contributed by atoms with Crippen LogP contribution in [-0.2, 0) is 4.79 Å². The quantitative estimate of drug-likeness (QED) is 0.728. The standard InChI is InChI=1S/C24H26N4O2/c1-3-21(29)28-13-17-12-27(14-19(17)22(28)18-9-5-4-7-15(18)2)24(30)20-11-16-8-6-10-25-23(16)26-20/h4-11,17,19,22H,3,12-14H2,1-2H3,(H,25,26)/t17-,19-,22+/m0/s1. The Bertz CT molecular complexity index is 1090. The molecular weight excluding hydrogens is 376 g/mol. The number of hydrogen-bond donors (Lipinski definition) is 1. The largest absolute Gasteiger partial charge is 0.337 e. The van der Waals surface area contributed by atoms with Gasteiger partial charge >= 0.3 is 0 Å². The van der Waals surface area contributed by atoms with Crippen LogP contribution in [-0.4, -0.2) is 51.2 Å². The molecule has 6 heteroatoms. The van der Waals surface area contributed by atoms with Crippen LogP contribution in [0, 0.1) is 18.8 Å². The lowest BCUT2D eigenvalue weighted by molar-refractivity contribution is -0.132. The van der Waals surface area contributed by atoms with E-state index < -0.39 is 0 Å². The van der Waals surface area contributed by atoms with Gasteiger partial charge in [0, 0.05) is 49.5 Å². The zero-order valence-corrected chi connectivity index (χ0v) is 17.3. The zero-order chi connectivity index (χ0) is 20.8. The van der Waals surface area contributed by atoms with Gasteiger partial charge in [0.2, 0.25) is 5.91 Å². The molecule has 2 saturated heterocycles. The predicted molar refractivity (Wildman–Crippen MR) is 115 cm³/mol. The fraction of sp³-hybridized carbons (Fsp3) is 0.375. The number of aromatic amines is 1. The number of fused-ring (bicyclic) bond motifs is 2. The lowest BCUT2D eigenvalue weighted by Crippen LogP contribution is -2.37. The number of H-pyrrole nitrogens is 1. The molecule has 2 aliphatic rings. The first-order valence-corrected chi connectivity index (χ1v) is 10.6. The first-order valence-electron chi connectivity index (χ1n) is 10.6. The SMILES string of the molecule is CCC(=O)N1C[C@@H]2CN(C(=O)c3cc4cccnc4[nH]3)C[C@@H]2[C@H]1c1ccccc1C. The Labute approximate surface area is 175 Å². The maximum absolute atomic E-state index is 13.2. The van der Waals surface area contributed by atoms with Crippen molar-refractivity contribution in [1.82, 2.24) is 19.8 Å². The molecular formula is C24H26N4O2. The molecule has 0 radical (unpaired) electrons. The van der Waals surface area contributed by atoms with Crippen LogP contribution in [0.5, 0.6) is 0 Å². The summed E-state index contributed by atoms with van der Waals surface area (Å²) in [6, 6.07) is 14.0. The summed E-state index contributed by atoms with van der Waals surface area (Å²) < 4.78 is 0. The Kier molecular flexibility index (Phi) is 4.57. The number of aromatic nitrogens is 2. The van der Waals surface area contributed by atoms with Gasteiger partial charge in [0.05, 0.1) is 6.04 Å². The highest BCUT2D eigenvalue weighted by molar-refractivity contribution is 5.97. The molecule has 1 N–H and O–H groups in total. The highest BCUT2D eigenvalue weighted by Crippen LogP contribution is 2.46. The molecule has 0 aliphatic carbocycles. The fourth-order valence-corrected chi connectivity index (χ4v) is 5.23. The van der Waals surface area contributed by atoms with Gasteiger partial charge in [-0.25, -0.2) is 4.98 Å². The number of benzene rings is 1. The number of likely N-dealkylation sites (tertiary alicyclic amines) is 2. The predicted octanol–water partition coefficient (Wildman–Crippen LogP) is 3.55. The van der Waals surface area contributed by atoms with Gasteiger partial charge in [0.25, 0.3) is 5.91 Å². The van der Waals surface area contributed by atoms with Gasteiger partial charge < -0.3 is 14.8 Å². The summed E-state index contributed by atoms with van der Waals surface area (Å²) >= 11 is 0. The van der Waals surface area contributed by atoms with Crippen LogP contribution in [0.4, 0.5) is 0 Å². The van der Waals surface area contributed by atoms with E-state index in [0.29, 0.717) is 37.7 Å². The fourth-order valence-electron chi connectivity index (χ4n) is 5.23. The maximum atomic E-state index is 13.2. The normalized spacial score (nSPS) is 23.2. The summed E-state index contributed by atoms with van der Waals surface area (Å²) in [5.74, 6) is 0.765. The molecule has 0 saturated carbocycles. The van der Waals surface area contributed by atoms with Crippen molar-refractivity contribution < 1.29 is 9.59 Å². The molecule has 3 atom stereocenters. The summed E-state index contributed by atoms with van der Waals surface area (Å²) in [6.45, 7) is 6.09. The minimum absolute atomic E-state index is 0.0132. The van der Waals surface area contributed by atoms with Gasteiger partial charge in [-0.15, -0.1) is 0 Å². The molecule has 0 unspecified atom stereocenters. The molecule has 2 fully saturated rings. The minimum atomic E-state index is 0.0132. The second kappa shape index (κ2) is 7.27. The van der Waals surface area contributed by atoms with E-state index in [1.807, 2.05) is 47.1 Å². The van der Waals surface area contributed by atoms with Crippen LogP contribution in [0.3, 0.4) is 0 Å². The first kappa shape index (κ1) is 18.9. The number of hydrogen-bond acceptors (Lipinski definition) is 3. The molecule has 2 aromatic heterocycles. The Morgan fingerprint density at radius 2 is 1.97 bits per heavy atom. The smallest absolute Gasteiger partial charge is 0.270 e. The topological polar surface area (TPSA) is 69.3 Å². The molecule has 0 bridgehead atoms. The van der Waals surface area contributed by atoms with E-state index in [-0.39, 0.29) is 23.8 Å². The highest BCUT2D eigenvalue weighted by atomic mass is 16.2. The maximum Gasteiger partial charge on any atom is 0.270 e. The third-order valence-electron chi connectivity index (χ3n) is 6.70. The molecule has 30 heavy (non-hydrogen) atoms. The van der Waals surface area contributed by atoms with Gasteiger partial charge in [-0.1, -0.05) is 31.2 Å². The van der Waals surface area contributed by atoms with E-state index in [1.165, 1.54) is 11.1 Å². The molecule has 1 aromatic carbocycles. The first-order chi connectivity index (χ1) is 14.6. The monoisotopic (exact) mass is 402 g/mol. The van der Waals surface area contributed by atoms with Crippen LogP contribution < -0.4 is 0 Å². The number of carbonyl (C=O) groups excluding carboxylic acids is 2. The number of nitrogens with zero attached hydrogens (tertiary/aromatic N) is 3. The summed E-state index contributed by atoms with van der Waals surface area (Å²) in [7, 11) is 0. The molecule has 0 spiro atoms. The van der Waals surface area contributed by atoms with E-state index in [9.17, 15) is 9.59 Å². The second-order valence-electron chi connectivity index (χ2n) is 8.46. The molecule has 6 nitrogen and oxygen atoms in total. The van der Waals surface area contributed by atoms with E-state index in [2.05, 4.69) is 29.0 Å². The van der Waals surface area contributed by atoms with Crippen molar-refractivity contribution in [3.63, 3.8) is 0 Å². The van der Waals surface area contributed by atoms with Crippen LogP contribution in [0.1, 0.15) is 41.0 Å². The van der Waals surface area contributed by atoms with E-state index in [1.54, 1.807) is 6.20 Å². The van der Waals surface area contributed by atoms with Gasteiger partial charge in [-0.05, 0) is 36.2 Å². The number of nitrogens with one attached hydrogen (secondary N) is 1. The van der Waals surface area contributed by atoms with Gasteiger partial charge in [0.1, 0.15) is 11.3 Å². The van der Waals surface area contributed by atoms with Crippen molar-refractivity contribution in [2.75, 3.05) is 19.6 Å². The molecule has 154 valence electrons. The van der Waals surface area contributed by atoms with E-state index in [4.69, 9.17) is 0 Å². The summed E-state index contributed by atoms with van der Waals surface area (Å²) in [4.78, 5) is 37.4. The van der Waals surface area contributed by atoms with Crippen molar-refractivity contribution in [2.24, 2.45) is 11.8 Å². The number of pyridine rings is 1. The number of carbonyl (C=O) groups is 2. The van der Waals surface area contributed by atoms with Crippen molar-refractivity contribution in [2.45, 2.75) is 26.3 Å². The van der Waals surface area contributed by atoms with Crippen LogP contribution in [0.15, 0.2) is 48.7 Å². The molecule has 5 rings (SSSR count). The molecule has 2 aliphatic heterocycles. The Morgan fingerprint density at radius 1 is 1.13 bits per heavy atom. The zero-order valence-electron chi connectivity index (χ0n) is 17.3. The van der Waals surface area contributed by atoms with Crippen molar-refractivity contribution in [3.8, 4) is 0 Å². The third kappa shape index (κ3) is 2.98. The van der Waals surface area contributed by atoms with Gasteiger partial charge in [0.15, 0.2) is 0 Å². The lowest BCUT2D eigenvalue weighted by Gasteiger charge is -2.30. The molecule has 2 amide bonds. The highest BCUT2D eigenvalue weighted by Gasteiger charge is 2.50. The Morgan fingerprint density at radius 3 is 2.73 bits per heavy atom. The second-order valence-corrected chi connectivity index (χ2v) is 8.46.